The molecule has 2 amide bonds. The molecule has 8 rings (SSSR count). The van der Waals surface area contributed by atoms with E-state index in [9.17, 15) is 14.4 Å². The maximum atomic E-state index is 14.0. The van der Waals surface area contributed by atoms with Gasteiger partial charge in [0.25, 0.3) is 11.8 Å². The van der Waals surface area contributed by atoms with Crippen LogP contribution in [0.15, 0.2) is 76.7 Å². The number of Topliss-reactive ketones (excluding diaryl/α,β-unsaturated/α-hetero) is 1. The molecule has 0 unspecified atom stereocenters. The smallest absolute Gasteiger partial charge is 0.261 e. The number of anilines is 2. The molecule has 0 spiro atoms. The fourth-order valence-corrected chi connectivity index (χ4v) is 8.41. The SMILES string of the molecule is COc1cc2c(cc1OCCCOc1cc3c(cc1OC)C(=O)N1c4ccc(CSCCC(C)=O)cc4C[C@H]1C=N3)N=C[C@@H]1Cc3ccccc3N1C2=O. The number of fused-ring (bicyclic) bond motifs is 8. The predicted octanol–water partition coefficient (Wildman–Crippen LogP) is 7.34. The van der Waals surface area contributed by atoms with Gasteiger partial charge in [-0.3, -0.25) is 34.2 Å². The van der Waals surface area contributed by atoms with E-state index in [1.807, 2.05) is 47.7 Å². The summed E-state index contributed by atoms with van der Waals surface area (Å²) < 4.78 is 23.6. The molecule has 4 aromatic carbocycles. The molecular weight excluding hydrogens is 705 g/mol. The first-order chi connectivity index (χ1) is 26.3. The van der Waals surface area contributed by atoms with Crippen LogP contribution in [0.2, 0.25) is 0 Å². The summed E-state index contributed by atoms with van der Waals surface area (Å²) >= 11 is 1.74. The van der Waals surface area contributed by atoms with Crippen LogP contribution in [-0.4, -0.2) is 75.3 Å². The molecule has 0 aromatic heterocycles. The van der Waals surface area contributed by atoms with Gasteiger partial charge in [-0.25, -0.2) is 0 Å². The lowest BCUT2D eigenvalue weighted by molar-refractivity contribution is -0.116. The van der Waals surface area contributed by atoms with Gasteiger partial charge in [-0.15, -0.1) is 0 Å². The van der Waals surface area contributed by atoms with Gasteiger partial charge >= 0.3 is 0 Å². The molecule has 2 atom stereocenters. The molecule has 0 N–H and O–H groups in total. The van der Waals surface area contributed by atoms with E-state index in [4.69, 9.17) is 23.9 Å². The first kappa shape index (κ1) is 35.4. The fourth-order valence-electron chi connectivity index (χ4n) is 7.42. The molecule has 12 heteroatoms. The molecule has 54 heavy (non-hydrogen) atoms. The van der Waals surface area contributed by atoms with Gasteiger partial charge in [0.1, 0.15) is 5.78 Å². The number of nitrogens with zero attached hydrogens (tertiary/aromatic N) is 4. The standard InChI is InChI=1S/C42H40N4O7S/c1-25(47)11-14-54-24-26-9-10-36-28(15-26)17-30-23-44-34-21-40(38(51-3)19-32(34)42(49)46(30)36)53-13-6-12-52-39-20-33-31(18-37(39)50-2)41(48)45-29(22-43-33)16-27-7-4-5-8-35(27)45/h4-5,7-10,15,18-23,29-30H,6,11-14,16-17,24H2,1-3H3/t29-,30-/m0/s1. The van der Waals surface area contributed by atoms with Crippen molar-refractivity contribution in [1.29, 1.82) is 0 Å². The Bertz CT molecular complexity index is 2220. The maximum absolute atomic E-state index is 14.0. The Balaban J connectivity index is 0.908. The Morgan fingerprint density at radius 2 is 1.31 bits per heavy atom. The van der Waals surface area contributed by atoms with Crippen LogP contribution in [0.3, 0.4) is 0 Å². The van der Waals surface area contributed by atoms with E-state index in [0.29, 0.717) is 78.0 Å². The lowest BCUT2D eigenvalue weighted by Gasteiger charge is -2.22. The Morgan fingerprint density at radius 3 is 1.91 bits per heavy atom. The summed E-state index contributed by atoms with van der Waals surface area (Å²) in [5.74, 6) is 3.40. The molecule has 4 heterocycles. The number of carbonyl (C=O) groups excluding carboxylic acids is 3. The van der Waals surface area contributed by atoms with Crippen molar-refractivity contribution in [2.24, 2.45) is 9.98 Å². The summed E-state index contributed by atoms with van der Waals surface area (Å²) in [6, 6.07) is 20.7. The molecule has 0 fully saturated rings. The highest BCUT2D eigenvalue weighted by molar-refractivity contribution is 7.98. The van der Waals surface area contributed by atoms with Gasteiger partial charge in [-0.05, 0) is 47.9 Å². The van der Waals surface area contributed by atoms with Crippen molar-refractivity contribution in [2.45, 2.75) is 50.4 Å². The van der Waals surface area contributed by atoms with E-state index in [2.05, 4.69) is 17.1 Å². The summed E-state index contributed by atoms with van der Waals surface area (Å²) in [5, 5.41) is 0. The highest BCUT2D eigenvalue weighted by atomic mass is 32.2. The molecule has 0 aliphatic carbocycles. The van der Waals surface area contributed by atoms with Crippen LogP contribution < -0.4 is 28.7 Å². The minimum atomic E-state index is -0.198. The van der Waals surface area contributed by atoms with Gasteiger partial charge in [0.05, 0.1) is 62.0 Å². The maximum Gasteiger partial charge on any atom is 0.261 e. The van der Waals surface area contributed by atoms with Gasteiger partial charge in [0.2, 0.25) is 0 Å². The van der Waals surface area contributed by atoms with Crippen LogP contribution in [0, 0.1) is 0 Å². The number of aliphatic imine (C=N–C) groups is 2. The van der Waals surface area contributed by atoms with E-state index in [-0.39, 0.29) is 29.7 Å². The number of hydrogen-bond acceptors (Lipinski definition) is 10. The van der Waals surface area contributed by atoms with Crippen molar-refractivity contribution in [3.8, 4) is 23.0 Å². The third-order valence-corrected chi connectivity index (χ3v) is 11.1. The van der Waals surface area contributed by atoms with Crippen molar-refractivity contribution in [1.82, 2.24) is 0 Å². The predicted molar refractivity (Wildman–Crippen MR) is 211 cm³/mol. The fraction of sp³-hybridized carbons (Fsp3) is 0.310. The molecular formula is C42H40N4O7S. The van der Waals surface area contributed by atoms with E-state index in [0.717, 1.165) is 40.4 Å². The van der Waals surface area contributed by atoms with Crippen molar-refractivity contribution in [2.75, 3.05) is 43.0 Å². The number of ether oxygens (including phenoxy) is 4. The first-order valence-electron chi connectivity index (χ1n) is 18.0. The Kier molecular flexibility index (Phi) is 9.85. The third kappa shape index (κ3) is 6.70. The van der Waals surface area contributed by atoms with Crippen LogP contribution in [0.25, 0.3) is 0 Å². The number of para-hydroxylation sites is 1. The molecule has 4 aliphatic rings. The topological polar surface area (TPSA) is 119 Å². The van der Waals surface area contributed by atoms with Gasteiger partial charge < -0.3 is 18.9 Å². The highest BCUT2D eigenvalue weighted by Gasteiger charge is 2.38. The minimum Gasteiger partial charge on any atom is -0.493 e. The normalized spacial score (nSPS) is 17.5. The Morgan fingerprint density at radius 1 is 0.741 bits per heavy atom. The summed E-state index contributed by atoms with van der Waals surface area (Å²) in [6.45, 7) is 2.24. The summed E-state index contributed by atoms with van der Waals surface area (Å²) in [5.41, 5.74) is 7.16. The number of carbonyl (C=O) groups is 3. The number of benzene rings is 4. The third-order valence-electron chi connectivity index (χ3n) is 10.1. The number of amides is 2. The quantitative estimate of drug-likeness (QED) is 0.131. The van der Waals surface area contributed by atoms with Crippen molar-refractivity contribution < 1.29 is 33.3 Å². The second-order valence-electron chi connectivity index (χ2n) is 13.6. The molecule has 4 aromatic rings. The molecule has 0 saturated carbocycles. The van der Waals surface area contributed by atoms with Crippen molar-refractivity contribution in [3.05, 3.63) is 94.5 Å². The van der Waals surface area contributed by atoms with Gasteiger partial charge in [0.15, 0.2) is 23.0 Å². The minimum absolute atomic E-state index is 0.121. The van der Waals surface area contributed by atoms with Gasteiger partial charge in [-0.1, -0.05) is 30.3 Å². The van der Waals surface area contributed by atoms with Gasteiger partial charge in [0, 0.05) is 73.1 Å². The molecule has 4 aliphatic heterocycles. The molecule has 0 bridgehead atoms. The number of rotatable bonds is 13. The summed E-state index contributed by atoms with van der Waals surface area (Å²) in [7, 11) is 3.10. The molecule has 11 nitrogen and oxygen atoms in total. The van der Waals surface area contributed by atoms with E-state index in [1.54, 1.807) is 62.1 Å². The van der Waals surface area contributed by atoms with Crippen LogP contribution in [0.1, 0.15) is 57.2 Å². The summed E-state index contributed by atoms with van der Waals surface area (Å²) in [4.78, 5) is 52.0. The zero-order chi connectivity index (χ0) is 37.3. The number of thioether (sulfide) groups is 1. The Labute approximate surface area is 318 Å². The molecule has 0 saturated heterocycles. The summed E-state index contributed by atoms with van der Waals surface area (Å²) in [6.07, 6.45) is 6.17. The van der Waals surface area contributed by atoms with Crippen LogP contribution in [-0.2, 0) is 23.4 Å². The monoisotopic (exact) mass is 744 g/mol. The highest BCUT2D eigenvalue weighted by Crippen LogP contribution is 2.43. The van der Waals surface area contributed by atoms with Crippen molar-refractivity contribution >= 4 is 64.5 Å². The number of methoxy groups -OCH3 is 2. The number of hydrogen-bond donors (Lipinski definition) is 0. The second kappa shape index (κ2) is 15.0. The van der Waals surface area contributed by atoms with Gasteiger partial charge in [-0.2, -0.15) is 11.8 Å². The lowest BCUT2D eigenvalue weighted by Crippen LogP contribution is -2.37. The van der Waals surface area contributed by atoms with Crippen LogP contribution in [0.5, 0.6) is 23.0 Å². The largest absolute Gasteiger partial charge is 0.493 e. The second-order valence-corrected chi connectivity index (χ2v) is 14.7. The van der Waals surface area contributed by atoms with E-state index in [1.165, 1.54) is 5.56 Å². The van der Waals surface area contributed by atoms with E-state index >= 15 is 0 Å². The molecule has 0 radical (unpaired) electrons. The van der Waals surface area contributed by atoms with Crippen molar-refractivity contribution in [3.63, 3.8) is 0 Å². The molecule has 276 valence electrons. The average Bonchev–Trinajstić information content (AvgIpc) is 3.66. The van der Waals surface area contributed by atoms with Crippen LogP contribution >= 0.6 is 11.8 Å². The zero-order valence-corrected chi connectivity index (χ0v) is 31.2. The lowest BCUT2D eigenvalue weighted by atomic mass is 10.1. The first-order valence-corrected chi connectivity index (χ1v) is 19.2. The van der Waals surface area contributed by atoms with Crippen LogP contribution in [0.4, 0.5) is 22.7 Å². The zero-order valence-electron chi connectivity index (χ0n) is 30.4. The van der Waals surface area contributed by atoms with E-state index < -0.39 is 0 Å². The average molecular weight is 745 g/mol. The number of ketones is 1. The Hall–Kier alpha value is -5.62.